The largest absolute Gasteiger partial charge is 0.494 e. The second-order valence-electron chi connectivity index (χ2n) is 4.51. The molecule has 20 heavy (non-hydrogen) atoms. The predicted molar refractivity (Wildman–Crippen MR) is 82.6 cm³/mol. The molecule has 0 bridgehead atoms. The number of fused-ring (bicyclic) bond motifs is 1. The van der Waals surface area contributed by atoms with Crippen LogP contribution in [0.4, 0.5) is 0 Å². The van der Waals surface area contributed by atoms with Gasteiger partial charge in [-0.1, -0.05) is 24.3 Å². The normalized spacial score (nSPS) is 10.4. The Morgan fingerprint density at radius 1 is 1.25 bits per heavy atom. The number of halogens is 1. The Bertz CT molecular complexity index is 571. The molecule has 0 atom stereocenters. The standard InChI is InChI=1S/C16H18ClNO2/c17-8-2-10-20-15-6-5-13-3-1-4-14(16(13)11-15)7-9-18-12-19/h1,3-6,11-12H,2,7-10H2,(H,18,19). The van der Waals surface area contributed by atoms with Gasteiger partial charge in [0, 0.05) is 12.4 Å². The zero-order valence-electron chi connectivity index (χ0n) is 11.3. The van der Waals surface area contributed by atoms with Crippen molar-refractivity contribution < 1.29 is 9.53 Å². The molecular formula is C16H18ClNO2. The molecule has 0 heterocycles. The Balaban J connectivity index is 2.19. The number of amides is 1. The van der Waals surface area contributed by atoms with Gasteiger partial charge in [0.15, 0.2) is 0 Å². The summed E-state index contributed by atoms with van der Waals surface area (Å²) in [6, 6.07) is 12.3. The first-order chi connectivity index (χ1) is 9.85. The summed E-state index contributed by atoms with van der Waals surface area (Å²) < 4.78 is 5.68. The predicted octanol–water partition coefficient (Wildman–Crippen LogP) is 3.14. The SMILES string of the molecule is O=CNCCc1cccc2ccc(OCCCCl)cc12. The van der Waals surface area contributed by atoms with Crippen molar-refractivity contribution in [3.63, 3.8) is 0 Å². The second-order valence-corrected chi connectivity index (χ2v) is 4.89. The maximum absolute atomic E-state index is 10.3. The average Bonchev–Trinajstić information content (AvgIpc) is 2.48. The minimum Gasteiger partial charge on any atom is -0.494 e. The Labute approximate surface area is 123 Å². The molecule has 2 rings (SSSR count). The molecule has 0 fully saturated rings. The van der Waals surface area contributed by atoms with E-state index in [9.17, 15) is 4.79 Å². The first kappa shape index (κ1) is 14.7. The number of ether oxygens (including phenoxy) is 1. The van der Waals surface area contributed by atoms with Crippen LogP contribution in [0.3, 0.4) is 0 Å². The highest BCUT2D eigenvalue weighted by Gasteiger charge is 2.03. The smallest absolute Gasteiger partial charge is 0.207 e. The zero-order valence-corrected chi connectivity index (χ0v) is 12.0. The Morgan fingerprint density at radius 3 is 2.95 bits per heavy atom. The van der Waals surface area contributed by atoms with Crippen LogP contribution in [0.5, 0.6) is 5.75 Å². The minimum absolute atomic E-state index is 0.607. The molecule has 106 valence electrons. The van der Waals surface area contributed by atoms with E-state index in [0.29, 0.717) is 19.0 Å². The van der Waals surface area contributed by atoms with Crippen molar-refractivity contribution in [2.45, 2.75) is 12.8 Å². The Hall–Kier alpha value is -1.74. The summed E-state index contributed by atoms with van der Waals surface area (Å²) in [6.45, 7) is 1.27. The summed E-state index contributed by atoms with van der Waals surface area (Å²) in [5.74, 6) is 1.47. The van der Waals surface area contributed by atoms with Crippen LogP contribution < -0.4 is 10.1 Å². The van der Waals surface area contributed by atoms with E-state index >= 15 is 0 Å². The van der Waals surface area contributed by atoms with Crippen LogP contribution in [0.25, 0.3) is 10.8 Å². The maximum Gasteiger partial charge on any atom is 0.207 e. The van der Waals surface area contributed by atoms with Gasteiger partial charge in [-0.3, -0.25) is 4.79 Å². The van der Waals surface area contributed by atoms with E-state index in [4.69, 9.17) is 16.3 Å². The van der Waals surface area contributed by atoms with Crippen molar-refractivity contribution >= 4 is 28.8 Å². The summed E-state index contributed by atoms with van der Waals surface area (Å²) in [5, 5.41) is 5.04. The number of nitrogens with one attached hydrogen (secondary N) is 1. The van der Waals surface area contributed by atoms with E-state index in [2.05, 4.69) is 29.6 Å². The molecule has 0 aromatic heterocycles. The highest BCUT2D eigenvalue weighted by molar-refractivity contribution is 6.17. The van der Waals surface area contributed by atoms with E-state index in [1.54, 1.807) is 0 Å². The van der Waals surface area contributed by atoms with Gasteiger partial charge in [0.05, 0.1) is 6.61 Å². The first-order valence-electron chi connectivity index (χ1n) is 6.72. The number of alkyl halides is 1. The molecule has 0 unspecified atom stereocenters. The molecule has 0 saturated heterocycles. The molecule has 0 saturated carbocycles. The van der Waals surface area contributed by atoms with Crippen molar-refractivity contribution in [2.24, 2.45) is 0 Å². The number of carbonyl (C=O) groups is 1. The number of hydrogen-bond donors (Lipinski definition) is 1. The topological polar surface area (TPSA) is 38.3 Å². The Kier molecular flexibility index (Phi) is 5.69. The van der Waals surface area contributed by atoms with Gasteiger partial charge in [0.25, 0.3) is 0 Å². The van der Waals surface area contributed by atoms with E-state index in [0.717, 1.165) is 25.0 Å². The van der Waals surface area contributed by atoms with Gasteiger partial charge in [-0.15, -0.1) is 11.6 Å². The lowest BCUT2D eigenvalue weighted by molar-refractivity contribution is -0.109. The van der Waals surface area contributed by atoms with Gasteiger partial charge < -0.3 is 10.1 Å². The van der Waals surface area contributed by atoms with Crippen molar-refractivity contribution in [3.8, 4) is 5.75 Å². The van der Waals surface area contributed by atoms with Gasteiger partial charge in [0.1, 0.15) is 5.75 Å². The van der Waals surface area contributed by atoms with Crippen LogP contribution in [0.2, 0.25) is 0 Å². The number of benzene rings is 2. The van der Waals surface area contributed by atoms with Gasteiger partial charge in [-0.25, -0.2) is 0 Å². The lowest BCUT2D eigenvalue weighted by Gasteiger charge is -2.10. The highest BCUT2D eigenvalue weighted by atomic mass is 35.5. The molecule has 1 amide bonds. The molecule has 0 radical (unpaired) electrons. The van der Waals surface area contributed by atoms with Crippen LogP contribution in [0.1, 0.15) is 12.0 Å². The van der Waals surface area contributed by atoms with Crippen molar-refractivity contribution in [1.82, 2.24) is 5.32 Å². The van der Waals surface area contributed by atoms with Crippen LogP contribution >= 0.6 is 11.6 Å². The molecule has 2 aromatic rings. The molecule has 4 heteroatoms. The van der Waals surface area contributed by atoms with Crippen LogP contribution in [-0.4, -0.2) is 25.4 Å². The molecule has 3 nitrogen and oxygen atoms in total. The van der Waals surface area contributed by atoms with Crippen LogP contribution in [0, 0.1) is 0 Å². The number of hydrogen-bond acceptors (Lipinski definition) is 2. The molecule has 1 N–H and O–H groups in total. The number of rotatable bonds is 8. The van der Waals surface area contributed by atoms with Crippen molar-refractivity contribution in [1.29, 1.82) is 0 Å². The van der Waals surface area contributed by atoms with Gasteiger partial charge >= 0.3 is 0 Å². The fourth-order valence-electron chi connectivity index (χ4n) is 2.13. The van der Waals surface area contributed by atoms with Crippen LogP contribution in [0.15, 0.2) is 36.4 Å². The summed E-state index contributed by atoms with van der Waals surface area (Å²) >= 11 is 5.64. The van der Waals surface area contributed by atoms with Crippen LogP contribution in [-0.2, 0) is 11.2 Å². The molecule has 0 spiro atoms. The Morgan fingerprint density at radius 2 is 2.15 bits per heavy atom. The van der Waals surface area contributed by atoms with E-state index < -0.39 is 0 Å². The van der Waals surface area contributed by atoms with Gasteiger partial charge in [0.2, 0.25) is 6.41 Å². The highest BCUT2D eigenvalue weighted by Crippen LogP contribution is 2.24. The lowest BCUT2D eigenvalue weighted by Crippen LogP contribution is -2.14. The fourth-order valence-corrected chi connectivity index (χ4v) is 2.24. The fraction of sp³-hybridized carbons (Fsp3) is 0.312. The molecule has 0 aliphatic carbocycles. The zero-order chi connectivity index (χ0) is 14.2. The molecule has 2 aromatic carbocycles. The van der Waals surface area contributed by atoms with E-state index in [1.807, 2.05) is 12.1 Å². The average molecular weight is 292 g/mol. The molecule has 0 aliphatic heterocycles. The summed E-state index contributed by atoms with van der Waals surface area (Å²) in [4.78, 5) is 10.3. The quantitative estimate of drug-likeness (QED) is 0.461. The van der Waals surface area contributed by atoms with E-state index in [1.165, 1.54) is 16.3 Å². The second kappa shape index (κ2) is 7.75. The first-order valence-corrected chi connectivity index (χ1v) is 7.26. The third-order valence-electron chi connectivity index (χ3n) is 3.11. The summed E-state index contributed by atoms with van der Waals surface area (Å²) in [7, 11) is 0. The van der Waals surface area contributed by atoms with Gasteiger partial charge in [-0.2, -0.15) is 0 Å². The molecule has 0 aliphatic rings. The third kappa shape index (κ3) is 3.87. The monoisotopic (exact) mass is 291 g/mol. The summed E-state index contributed by atoms with van der Waals surface area (Å²) in [5.41, 5.74) is 1.21. The minimum atomic E-state index is 0.607. The molecular weight excluding hydrogens is 274 g/mol. The van der Waals surface area contributed by atoms with Gasteiger partial charge in [-0.05, 0) is 41.3 Å². The van der Waals surface area contributed by atoms with Crippen molar-refractivity contribution in [3.05, 3.63) is 42.0 Å². The maximum atomic E-state index is 10.3. The lowest BCUT2D eigenvalue weighted by atomic mass is 10.0. The third-order valence-corrected chi connectivity index (χ3v) is 3.38. The summed E-state index contributed by atoms with van der Waals surface area (Å²) in [6.07, 6.45) is 2.37. The van der Waals surface area contributed by atoms with E-state index in [-0.39, 0.29) is 0 Å². The van der Waals surface area contributed by atoms with Crippen molar-refractivity contribution in [2.75, 3.05) is 19.0 Å². The number of carbonyl (C=O) groups excluding carboxylic acids is 1.